The zero-order chi connectivity index (χ0) is 17.3. The van der Waals surface area contributed by atoms with Crippen molar-refractivity contribution < 1.29 is 4.42 Å². The van der Waals surface area contributed by atoms with E-state index in [1.54, 1.807) is 6.07 Å². The van der Waals surface area contributed by atoms with Crippen molar-refractivity contribution in [1.82, 2.24) is 9.66 Å². The van der Waals surface area contributed by atoms with Gasteiger partial charge in [-0.15, -0.1) is 0 Å². The molecule has 2 heterocycles. The maximum Gasteiger partial charge on any atom is 0.282 e. The molecule has 124 valence electrons. The first kappa shape index (κ1) is 17.1. The highest BCUT2D eigenvalue weighted by atomic mass is 79.9. The Morgan fingerprint density at radius 1 is 1.33 bits per heavy atom. The summed E-state index contributed by atoms with van der Waals surface area (Å²) in [6, 6.07) is 7.30. The zero-order valence-electron chi connectivity index (χ0n) is 13.2. The number of hydrogen-bond donors (Lipinski definition) is 0. The van der Waals surface area contributed by atoms with Gasteiger partial charge in [-0.3, -0.25) is 4.79 Å². The van der Waals surface area contributed by atoms with Gasteiger partial charge in [0.05, 0.1) is 17.1 Å². The molecule has 0 saturated heterocycles. The minimum absolute atomic E-state index is 0.204. The van der Waals surface area contributed by atoms with Gasteiger partial charge in [0.2, 0.25) is 0 Å². The highest BCUT2D eigenvalue weighted by Crippen LogP contribution is 2.25. The van der Waals surface area contributed by atoms with Crippen molar-refractivity contribution in [2.45, 2.75) is 26.7 Å². The Bertz CT molecular complexity index is 989. The molecule has 7 heteroatoms. The predicted octanol–water partition coefficient (Wildman–Crippen LogP) is 4.66. The lowest BCUT2D eigenvalue weighted by Gasteiger charge is -2.09. The van der Waals surface area contributed by atoms with Crippen LogP contribution >= 0.6 is 31.9 Å². The van der Waals surface area contributed by atoms with Crippen LogP contribution in [0.3, 0.4) is 0 Å². The monoisotopic (exact) mass is 451 g/mol. The molecule has 0 fully saturated rings. The third-order valence-electron chi connectivity index (χ3n) is 3.47. The van der Waals surface area contributed by atoms with Crippen LogP contribution < -0.4 is 5.56 Å². The summed E-state index contributed by atoms with van der Waals surface area (Å²) in [6.07, 6.45) is 3.05. The molecule has 0 N–H and O–H groups in total. The Hall–Kier alpha value is -1.73. The fraction of sp³-hybridized carbons (Fsp3) is 0.235. The first-order chi connectivity index (χ1) is 11.5. The van der Waals surface area contributed by atoms with Gasteiger partial charge in [0.25, 0.3) is 5.56 Å². The third kappa shape index (κ3) is 3.37. The number of rotatable bonds is 4. The number of furan rings is 1. The van der Waals surface area contributed by atoms with Crippen molar-refractivity contribution in [3.8, 4) is 0 Å². The van der Waals surface area contributed by atoms with Gasteiger partial charge in [-0.05, 0) is 53.5 Å². The summed E-state index contributed by atoms with van der Waals surface area (Å²) >= 11 is 6.89. The second-order valence-electron chi connectivity index (χ2n) is 5.37. The average Bonchev–Trinajstić information content (AvgIpc) is 2.94. The minimum Gasteiger partial charge on any atom is -0.460 e. The molecular formula is C17H15Br2N3O2. The summed E-state index contributed by atoms with van der Waals surface area (Å²) < 4.78 is 8.40. The topological polar surface area (TPSA) is 60.4 Å². The normalized spacial score (nSPS) is 11.7. The van der Waals surface area contributed by atoms with E-state index in [-0.39, 0.29) is 5.56 Å². The maximum absolute atomic E-state index is 12.9. The van der Waals surface area contributed by atoms with Crippen LogP contribution in [0, 0.1) is 6.92 Å². The van der Waals surface area contributed by atoms with Crippen LogP contribution in [-0.2, 0) is 6.42 Å². The molecule has 0 saturated carbocycles. The van der Waals surface area contributed by atoms with E-state index in [2.05, 4.69) is 41.9 Å². The highest BCUT2D eigenvalue weighted by Gasteiger charge is 2.13. The van der Waals surface area contributed by atoms with Gasteiger partial charge < -0.3 is 4.42 Å². The van der Waals surface area contributed by atoms with E-state index in [9.17, 15) is 4.79 Å². The fourth-order valence-electron chi connectivity index (χ4n) is 2.39. The Morgan fingerprint density at radius 2 is 2.12 bits per heavy atom. The van der Waals surface area contributed by atoms with Crippen molar-refractivity contribution in [2.75, 3.05) is 0 Å². The second-order valence-corrected chi connectivity index (χ2v) is 7.14. The van der Waals surface area contributed by atoms with Crippen LogP contribution in [0.1, 0.15) is 30.7 Å². The Labute approximate surface area is 155 Å². The summed E-state index contributed by atoms with van der Waals surface area (Å²) in [5.41, 5.74) is 0.442. The highest BCUT2D eigenvalue weighted by molar-refractivity contribution is 9.11. The summed E-state index contributed by atoms with van der Waals surface area (Å²) in [7, 11) is 0. The molecule has 0 aliphatic heterocycles. The third-order valence-corrected chi connectivity index (χ3v) is 4.53. The van der Waals surface area contributed by atoms with Crippen LogP contribution in [0.2, 0.25) is 0 Å². The van der Waals surface area contributed by atoms with Gasteiger partial charge in [0.15, 0.2) is 0 Å². The van der Waals surface area contributed by atoms with E-state index in [0.29, 0.717) is 28.9 Å². The second kappa shape index (κ2) is 7.03. The van der Waals surface area contributed by atoms with E-state index in [1.807, 2.05) is 32.0 Å². The molecule has 0 aliphatic carbocycles. The summed E-state index contributed by atoms with van der Waals surface area (Å²) in [4.78, 5) is 17.5. The SMILES string of the molecule is CCCc1nc2c(Br)cc(Br)cc2c(=O)n1/N=C/c1ccc(C)o1. The number of fused-ring (bicyclic) bond motifs is 1. The molecule has 3 aromatic rings. The summed E-state index contributed by atoms with van der Waals surface area (Å²) in [6.45, 7) is 3.90. The molecule has 0 radical (unpaired) electrons. The fourth-order valence-corrected chi connectivity index (χ4v) is 3.71. The lowest BCUT2D eigenvalue weighted by atomic mass is 10.2. The molecule has 0 spiro atoms. The number of benzene rings is 1. The van der Waals surface area contributed by atoms with Gasteiger partial charge in [-0.2, -0.15) is 9.78 Å². The van der Waals surface area contributed by atoms with Crippen molar-refractivity contribution >= 4 is 49.0 Å². The quantitative estimate of drug-likeness (QED) is 0.541. The van der Waals surface area contributed by atoms with E-state index in [1.165, 1.54) is 10.9 Å². The molecule has 0 aliphatic rings. The molecule has 24 heavy (non-hydrogen) atoms. The molecule has 5 nitrogen and oxygen atoms in total. The van der Waals surface area contributed by atoms with E-state index >= 15 is 0 Å². The molecule has 1 aromatic carbocycles. The first-order valence-corrected chi connectivity index (χ1v) is 9.09. The van der Waals surface area contributed by atoms with Gasteiger partial charge in [-0.25, -0.2) is 4.98 Å². The van der Waals surface area contributed by atoms with E-state index in [4.69, 9.17) is 4.42 Å². The van der Waals surface area contributed by atoms with E-state index < -0.39 is 0 Å². The van der Waals surface area contributed by atoms with Crippen molar-refractivity contribution in [2.24, 2.45) is 5.10 Å². The Kier molecular flexibility index (Phi) is 5.01. The van der Waals surface area contributed by atoms with Gasteiger partial charge in [0, 0.05) is 15.4 Å². The number of aromatic nitrogens is 2. The molecule has 2 aromatic heterocycles. The van der Waals surface area contributed by atoms with Crippen LogP contribution in [0.25, 0.3) is 10.9 Å². The first-order valence-electron chi connectivity index (χ1n) is 7.51. The van der Waals surface area contributed by atoms with Crippen molar-refractivity contribution in [1.29, 1.82) is 0 Å². The maximum atomic E-state index is 12.9. The standard InChI is InChI=1S/C17H15Br2N3O2/c1-3-4-15-21-16-13(7-11(18)8-14(16)19)17(23)22(15)20-9-12-6-5-10(2)24-12/h5-9H,3-4H2,1-2H3/b20-9+. The van der Waals surface area contributed by atoms with Gasteiger partial charge >= 0.3 is 0 Å². The molecule has 0 bridgehead atoms. The van der Waals surface area contributed by atoms with Crippen LogP contribution in [0.5, 0.6) is 0 Å². The predicted molar refractivity (Wildman–Crippen MR) is 102 cm³/mol. The van der Waals surface area contributed by atoms with Gasteiger partial charge in [0.1, 0.15) is 17.3 Å². The zero-order valence-corrected chi connectivity index (χ0v) is 16.4. The Balaban J connectivity index is 2.21. The number of nitrogens with zero attached hydrogens (tertiary/aromatic N) is 3. The molecule has 0 atom stereocenters. The summed E-state index contributed by atoms with van der Waals surface area (Å²) in [5, 5.41) is 4.81. The number of hydrogen-bond acceptors (Lipinski definition) is 4. The number of halogens is 2. The van der Waals surface area contributed by atoms with Crippen LogP contribution in [0.15, 0.2) is 47.5 Å². The van der Waals surface area contributed by atoms with Gasteiger partial charge in [-0.1, -0.05) is 22.9 Å². The summed E-state index contributed by atoms with van der Waals surface area (Å²) in [5.74, 6) is 2.01. The van der Waals surface area contributed by atoms with Crippen LogP contribution in [-0.4, -0.2) is 15.9 Å². The number of aryl methyl sites for hydroxylation is 2. The van der Waals surface area contributed by atoms with Crippen LogP contribution in [0.4, 0.5) is 0 Å². The van der Waals surface area contributed by atoms with E-state index in [0.717, 1.165) is 21.1 Å². The van der Waals surface area contributed by atoms with Crippen molar-refractivity contribution in [3.63, 3.8) is 0 Å². The average molecular weight is 453 g/mol. The lowest BCUT2D eigenvalue weighted by molar-refractivity contribution is 0.527. The minimum atomic E-state index is -0.204. The smallest absolute Gasteiger partial charge is 0.282 e. The van der Waals surface area contributed by atoms with Crippen molar-refractivity contribution in [3.05, 3.63) is 60.9 Å². The largest absolute Gasteiger partial charge is 0.460 e. The molecule has 3 rings (SSSR count). The molecule has 0 unspecified atom stereocenters. The molecular weight excluding hydrogens is 438 g/mol. The Morgan fingerprint density at radius 3 is 2.79 bits per heavy atom. The molecule has 0 amide bonds. The lowest BCUT2D eigenvalue weighted by Crippen LogP contribution is -2.22.